The molecule has 2 saturated heterocycles. The number of halogens is 1. The van der Waals surface area contributed by atoms with E-state index in [1.165, 1.54) is 18.1 Å². The summed E-state index contributed by atoms with van der Waals surface area (Å²) >= 11 is 1.56. The molecule has 70 heavy (non-hydrogen) atoms. The molecule has 0 bridgehead atoms. The lowest BCUT2D eigenvalue weighted by molar-refractivity contribution is -0.144. The van der Waals surface area contributed by atoms with E-state index in [-0.39, 0.29) is 69.0 Å². The van der Waals surface area contributed by atoms with Gasteiger partial charge in [0, 0.05) is 63.5 Å². The summed E-state index contributed by atoms with van der Waals surface area (Å²) in [6, 6.07) is 18.5. The molecule has 0 spiro atoms. The topological polar surface area (TPSA) is 220 Å². The number of aromatic amines is 1. The molecule has 6 aromatic rings. The van der Waals surface area contributed by atoms with Crippen molar-refractivity contribution in [2.75, 3.05) is 71.0 Å². The normalized spacial score (nSPS) is 16.8. The number of ether oxygens (including phenoxy) is 2. The summed E-state index contributed by atoms with van der Waals surface area (Å²) in [5.41, 5.74) is 7.77. The van der Waals surface area contributed by atoms with Gasteiger partial charge in [-0.15, -0.1) is 11.3 Å². The van der Waals surface area contributed by atoms with Crippen LogP contribution < -0.4 is 25.6 Å². The third-order valence-electron chi connectivity index (χ3n) is 12.5. The molecule has 0 saturated carbocycles. The number of aliphatic hydroxyl groups excluding tert-OH is 1. The van der Waals surface area contributed by atoms with Crippen molar-refractivity contribution in [3.63, 3.8) is 0 Å². The number of β-amino-alcohol motifs (C(OH)–C–C–N with tert-alkyl or cyclic N) is 1. The average molecular weight is 976 g/mol. The zero-order valence-electron chi connectivity index (χ0n) is 39.8. The number of carbonyl (C=O) groups is 4. The van der Waals surface area contributed by atoms with Gasteiger partial charge in [0.25, 0.3) is 0 Å². The molecule has 18 nitrogen and oxygen atoms in total. The summed E-state index contributed by atoms with van der Waals surface area (Å²) in [4.78, 5) is 73.5. The van der Waals surface area contributed by atoms with Crippen molar-refractivity contribution in [2.24, 2.45) is 5.41 Å². The van der Waals surface area contributed by atoms with Gasteiger partial charge in [0.2, 0.25) is 23.6 Å². The maximum atomic E-state index is 14.8. The number of nitrogens with zero attached hydrogens (tertiary/aromatic N) is 7. The zero-order valence-corrected chi connectivity index (χ0v) is 40.6. The molecule has 5 heterocycles. The predicted molar refractivity (Wildman–Crippen MR) is 263 cm³/mol. The number of amides is 4. The van der Waals surface area contributed by atoms with E-state index in [1.54, 1.807) is 35.2 Å². The Kier molecular flexibility index (Phi) is 15.5. The van der Waals surface area contributed by atoms with E-state index in [0.717, 1.165) is 32.9 Å². The molecule has 2 aliphatic rings. The summed E-state index contributed by atoms with van der Waals surface area (Å²) < 4.78 is 25.8. The molecule has 368 valence electrons. The molecular formula is C50H58FN11O7S. The zero-order chi connectivity index (χ0) is 49.5. The predicted octanol–water partition coefficient (Wildman–Crippen LogP) is 4.33. The first-order valence-electron chi connectivity index (χ1n) is 23.2. The fourth-order valence-electron chi connectivity index (χ4n) is 8.69. The summed E-state index contributed by atoms with van der Waals surface area (Å²) in [7, 11) is 1.47. The van der Waals surface area contributed by atoms with E-state index in [9.17, 15) is 28.7 Å². The van der Waals surface area contributed by atoms with Gasteiger partial charge in [0.1, 0.15) is 47.0 Å². The van der Waals surface area contributed by atoms with Crippen LogP contribution in [0.1, 0.15) is 38.4 Å². The minimum atomic E-state index is -1.00. The van der Waals surface area contributed by atoms with E-state index in [0.29, 0.717) is 48.7 Å². The summed E-state index contributed by atoms with van der Waals surface area (Å²) in [5.74, 6) is -1.50. The van der Waals surface area contributed by atoms with Crippen molar-refractivity contribution in [1.29, 1.82) is 0 Å². The maximum Gasteiger partial charge on any atom is 0.246 e. The molecule has 0 aliphatic carbocycles. The van der Waals surface area contributed by atoms with Gasteiger partial charge in [-0.05, 0) is 47.7 Å². The first-order chi connectivity index (χ1) is 33.7. The molecule has 2 fully saturated rings. The van der Waals surface area contributed by atoms with Crippen molar-refractivity contribution in [3.05, 3.63) is 95.5 Å². The number of rotatable bonds is 17. The summed E-state index contributed by atoms with van der Waals surface area (Å²) in [6.45, 7) is 10.5. The molecule has 3 atom stereocenters. The number of thiazole rings is 1. The highest BCUT2D eigenvalue weighted by molar-refractivity contribution is 7.13. The van der Waals surface area contributed by atoms with Crippen LogP contribution in [0, 0.1) is 18.2 Å². The summed E-state index contributed by atoms with van der Waals surface area (Å²) in [5, 5.41) is 26.6. The van der Waals surface area contributed by atoms with Crippen molar-refractivity contribution in [2.45, 2.75) is 58.8 Å². The minimum absolute atomic E-state index is 0.0374. The SMILES string of the molecule is COc1cccc(F)c1-c1ncc2[nH]nc(-c3ccc(N4CCN(CC(=O)NCCOCC(=O)N[C@H](C(=O)N5C[C@H](O)C[C@H]5C(=O)NCc5ccc(-c6scnc6C)cc5)C(C)(C)C)CC4)cc3)c2n1. The lowest BCUT2D eigenvalue weighted by Gasteiger charge is -2.35. The minimum Gasteiger partial charge on any atom is -0.496 e. The van der Waals surface area contributed by atoms with E-state index in [2.05, 4.69) is 50.9 Å². The number of aliphatic hydroxyl groups is 1. The molecular weight excluding hydrogens is 918 g/mol. The molecule has 20 heteroatoms. The van der Waals surface area contributed by atoms with E-state index < -0.39 is 41.2 Å². The van der Waals surface area contributed by atoms with E-state index in [4.69, 9.17) is 9.47 Å². The van der Waals surface area contributed by atoms with Gasteiger partial charge < -0.3 is 40.3 Å². The number of piperazine rings is 1. The van der Waals surface area contributed by atoms with Crippen molar-refractivity contribution < 1.29 is 38.1 Å². The molecule has 0 unspecified atom stereocenters. The lowest BCUT2D eigenvalue weighted by Crippen LogP contribution is -2.58. The lowest BCUT2D eigenvalue weighted by atomic mass is 9.85. The number of anilines is 1. The number of benzene rings is 3. The number of likely N-dealkylation sites (tertiary alicyclic amines) is 1. The highest BCUT2D eigenvalue weighted by Gasteiger charge is 2.44. The van der Waals surface area contributed by atoms with Gasteiger partial charge >= 0.3 is 0 Å². The molecule has 4 amide bonds. The number of hydrogen-bond donors (Lipinski definition) is 5. The fraction of sp³-hybridized carbons (Fsp3) is 0.400. The van der Waals surface area contributed by atoms with Crippen LogP contribution in [-0.4, -0.2) is 148 Å². The van der Waals surface area contributed by atoms with Gasteiger partial charge in [-0.1, -0.05) is 63.2 Å². The highest BCUT2D eigenvalue weighted by atomic mass is 32.1. The smallest absolute Gasteiger partial charge is 0.246 e. The average Bonchev–Trinajstić information content (AvgIpc) is 4.10. The Morgan fingerprint density at radius 1 is 0.957 bits per heavy atom. The van der Waals surface area contributed by atoms with Crippen molar-refractivity contribution in [1.82, 2.24) is 50.9 Å². The van der Waals surface area contributed by atoms with Crippen LogP contribution in [0.15, 0.2) is 78.4 Å². The Bertz CT molecular complexity index is 2810. The van der Waals surface area contributed by atoms with Gasteiger partial charge in [0.15, 0.2) is 5.82 Å². The number of carbonyl (C=O) groups excluding carboxylic acids is 4. The molecule has 5 N–H and O–H groups in total. The molecule has 3 aromatic carbocycles. The van der Waals surface area contributed by atoms with Crippen LogP contribution in [0.5, 0.6) is 5.75 Å². The Hall–Kier alpha value is -6.87. The van der Waals surface area contributed by atoms with Gasteiger partial charge in [0.05, 0.1) is 54.2 Å². The number of nitrogens with one attached hydrogen (secondary N) is 4. The monoisotopic (exact) mass is 975 g/mol. The maximum absolute atomic E-state index is 14.8. The second kappa shape index (κ2) is 21.8. The van der Waals surface area contributed by atoms with Crippen LogP contribution in [0.2, 0.25) is 0 Å². The standard InChI is InChI=1S/C50H58FN11O7S/c1-30-45(70-29-55-30)33-11-9-31(10-12-33)24-54-48(66)38-23-35(63)26-62(38)49(67)46(50(2,3)4)56-41(65)28-69-22-17-52-40(64)27-60-18-20-61(21-19-60)34-15-13-32(14-16-34)43-44-37(58-59-43)25-53-47(57-44)42-36(51)7-6-8-39(42)68-5/h6-16,25,29,35,38,46,63H,17-24,26-28H2,1-5H3,(H,52,64)(H,54,66)(H,56,65)(H,58,59)/t35-,38+,46-/m1/s1. The Balaban J connectivity index is 0.748. The number of hydrogen-bond acceptors (Lipinski definition) is 14. The van der Waals surface area contributed by atoms with E-state index >= 15 is 0 Å². The fourth-order valence-corrected chi connectivity index (χ4v) is 9.50. The third-order valence-corrected chi connectivity index (χ3v) is 13.5. The van der Waals surface area contributed by atoms with Crippen LogP contribution in [0.25, 0.3) is 44.1 Å². The Morgan fingerprint density at radius 2 is 1.70 bits per heavy atom. The number of H-pyrrole nitrogens is 1. The first kappa shape index (κ1) is 49.5. The molecule has 3 aromatic heterocycles. The molecule has 8 rings (SSSR count). The third kappa shape index (κ3) is 11.6. The highest BCUT2D eigenvalue weighted by Crippen LogP contribution is 2.34. The van der Waals surface area contributed by atoms with Crippen molar-refractivity contribution in [3.8, 4) is 38.8 Å². The number of methoxy groups -OCH3 is 1. The van der Waals surface area contributed by atoms with E-state index in [1.807, 2.05) is 76.2 Å². The Labute approximate surface area is 409 Å². The van der Waals surface area contributed by atoms with Crippen LogP contribution in [0.4, 0.5) is 10.1 Å². The first-order valence-corrected chi connectivity index (χ1v) is 24.1. The number of aryl methyl sites for hydroxylation is 1. The van der Waals surface area contributed by atoms with Crippen LogP contribution >= 0.6 is 11.3 Å². The molecule has 0 radical (unpaired) electrons. The number of fused-ring (bicyclic) bond motifs is 1. The second-order valence-corrected chi connectivity index (χ2v) is 19.4. The van der Waals surface area contributed by atoms with Gasteiger partial charge in [-0.3, -0.25) is 29.2 Å². The number of aromatic nitrogens is 5. The quantitative estimate of drug-likeness (QED) is 0.0805. The van der Waals surface area contributed by atoms with Crippen LogP contribution in [-0.2, 0) is 30.5 Å². The summed E-state index contributed by atoms with van der Waals surface area (Å²) in [6.07, 6.45) is 0.766. The van der Waals surface area contributed by atoms with Crippen molar-refractivity contribution >= 4 is 51.7 Å². The van der Waals surface area contributed by atoms with Gasteiger partial charge in [-0.2, -0.15) is 5.10 Å². The molecule has 2 aliphatic heterocycles. The Morgan fingerprint density at radius 3 is 2.40 bits per heavy atom. The van der Waals surface area contributed by atoms with Gasteiger partial charge in [-0.25, -0.2) is 19.3 Å². The second-order valence-electron chi connectivity index (χ2n) is 18.5. The largest absolute Gasteiger partial charge is 0.496 e. The van der Waals surface area contributed by atoms with Crippen LogP contribution in [0.3, 0.4) is 0 Å².